The summed E-state index contributed by atoms with van der Waals surface area (Å²) in [5.41, 5.74) is 14.6. The van der Waals surface area contributed by atoms with Gasteiger partial charge >= 0.3 is 0 Å². The lowest BCUT2D eigenvalue weighted by molar-refractivity contribution is 0.100. The first-order valence-corrected chi connectivity index (χ1v) is 6.48. The number of aromatic nitrogens is 3. The van der Waals surface area contributed by atoms with Gasteiger partial charge in [0.15, 0.2) is 0 Å². The Morgan fingerprint density at radius 3 is 2.64 bits per heavy atom. The fourth-order valence-corrected chi connectivity index (χ4v) is 2.40. The van der Waals surface area contributed by atoms with E-state index in [1.54, 1.807) is 13.0 Å². The van der Waals surface area contributed by atoms with E-state index in [0.717, 1.165) is 0 Å². The number of pyridine rings is 1. The van der Waals surface area contributed by atoms with E-state index < -0.39 is 5.91 Å². The van der Waals surface area contributed by atoms with Crippen LogP contribution in [0.1, 0.15) is 15.9 Å². The lowest BCUT2D eigenvalue weighted by Gasteiger charge is -2.14. The van der Waals surface area contributed by atoms with Crippen molar-refractivity contribution >= 4 is 22.6 Å². The number of amides is 1. The molecule has 7 heteroatoms. The van der Waals surface area contributed by atoms with E-state index in [1.165, 1.54) is 24.7 Å². The van der Waals surface area contributed by atoms with E-state index in [9.17, 15) is 9.90 Å². The Hall–Kier alpha value is -3.22. The van der Waals surface area contributed by atoms with E-state index in [-0.39, 0.29) is 17.1 Å². The van der Waals surface area contributed by atoms with Crippen molar-refractivity contribution in [3.8, 4) is 17.0 Å². The van der Waals surface area contributed by atoms with E-state index in [4.69, 9.17) is 11.5 Å². The Morgan fingerprint density at radius 1 is 1.18 bits per heavy atom. The van der Waals surface area contributed by atoms with Gasteiger partial charge in [0.25, 0.3) is 5.91 Å². The van der Waals surface area contributed by atoms with Crippen molar-refractivity contribution in [2.24, 2.45) is 5.73 Å². The highest BCUT2D eigenvalue weighted by molar-refractivity contribution is 6.09. The van der Waals surface area contributed by atoms with Crippen molar-refractivity contribution in [1.29, 1.82) is 0 Å². The van der Waals surface area contributed by atoms with Crippen molar-refractivity contribution in [2.75, 3.05) is 5.73 Å². The zero-order chi connectivity index (χ0) is 15.9. The van der Waals surface area contributed by atoms with Gasteiger partial charge < -0.3 is 16.6 Å². The fourth-order valence-electron chi connectivity index (χ4n) is 2.40. The third-order valence-electron chi connectivity index (χ3n) is 3.52. The van der Waals surface area contributed by atoms with Gasteiger partial charge in [-0.3, -0.25) is 14.8 Å². The van der Waals surface area contributed by atoms with Gasteiger partial charge in [-0.1, -0.05) is 0 Å². The molecular weight excluding hydrogens is 282 g/mol. The number of rotatable bonds is 2. The van der Waals surface area contributed by atoms with Gasteiger partial charge in [0, 0.05) is 29.7 Å². The lowest BCUT2D eigenvalue weighted by atomic mass is 9.95. The zero-order valence-corrected chi connectivity index (χ0v) is 11.7. The molecule has 2 heterocycles. The standard InChI is InChI=1S/C15H13N5O2/c1-7-8(2-3-20-15(7)22)11-12(16)9(14(17)21)6-10-13(11)19-5-4-18-10/h2-6H,16H2,1H3,(H2,17,21)(H,20,22). The molecule has 1 amide bonds. The van der Waals surface area contributed by atoms with Crippen LogP contribution in [0.2, 0.25) is 0 Å². The highest BCUT2D eigenvalue weighted by Gasteiger charge is 2.19. The van der Waals surface area contributed by atoms with Crippen LogP contribution in [0.15, 0.2) is 30.7 Å². The third kappa shape index (κ3) is 1.99. The molecule has 0 saturated heterocycles. The molecule has 110 valence electrons. The monoisotopic (exact) mass is 295 g/mol. The van der Waals surface area contributed by atoms with Crippen molar-refractivity contribution in [3.63, 3.8) is 0 Å². The number of anilines is 1. The second-order valence-corrected chi connectivity index (χ2v) is 4.81. The molecule has 0 saturated carbocycles. The Morgan fingerprint density at radius 2 is 1.91 bits per heavy atom. The number of nitrogens with two attached hydrogens (primary N) is 2. The van der Waals surface area contributed by atoms with Gasteiger partial charge in [-0.25, -0.2) is 4.98 Å². The summed E-state index contributed by atoms with van der Waals surface area (Å²) in [6, 6.07) is 3.21. The maximum Gasteiger partial charge on any atom is 0.250 e. The molecule has 22 heavy (non-hydrogen) atoms. The normalized spacial score (nSPS) is 10.8. The molecule has 1 aromatic carbocycles. The molecule has 2 aromatic heterocycles. The molecule has 0 aliphatic carbocycles. The molecule has 0 unspecified atom stereocenters. The molecule has 0 spiro atoms. The number of carbonyl (C=O) groups excluding carboxylic acids is 1. The van der Waals surface area contributed by atoms with Crippen molar-refractivity contribution in [3.05, 3.63) is 41.9 Å². The minimum Gasteiger partial charge on any atom is -0.493 e. The smallest absolute Gasteiger partial charge is 0.250 e. The number of carbonyl (C=O) groups is 1. The maximum absolute atomic E-state index is 11.6. The number of primary amides is 1. The SMILES string of the molecule is Cc1c(-c2c(N)c(C(N)=O)cc3nccnc23)ccnc1O. The number of fused-ring (bicyclic) bond motifs is 1. The maximum atomic E-state index is 11.6. The van der Waals surface area contributed by atoms with Crippen LogP contribution in [0.5, 0.6) is 5.88 Å². The summed E-state index contributed by atoms with van der Waals surface area (Å²) in [5, 5.41) is 9.82. The molecule has 0 atom stereocenters. The zero-order valence-electron chi connectivity index (χ0n) is 11.7. The molecule has 0 radical (unpaired) electrons. The van der Waals surface area contributed by atoms with Gasteiger partial charge in [0.05, 0.1) is 22.3 Å². The summed E-state index contributed by atoms with van der Waals surface area (Å²) in [6.45, 7) is 1.70. The van der Waals surface area contributed by atoms with Gasteiger partial charge in [-0.15, -0.1) is 0 Å². The number of hydrogen-bond acceptors (Lipinski definition) is 6. The lowest BCUT2D eigenvalue weighted by Crippen LogP contribution is -2.14. The van der Waals surface area contributed by atoms with Crippen LogP contribution in [-0.4, -0.2) is 26.0 Å². The van der Waals surface area contributed by atoms with Crippen LogP contribution >= 0.6 is 0 Å². The van der Waals surface area contributed by atoms with E-state index in [2.05, 4.69) is 15.0 Å². The Kier molecular flexibility index (Phi) is 3.10. The average molecular weight is 295 g/mol. The summed E-state index contributed by atoms with van der Waals surface area (Å²) < 4.78 is 0. The van der Waals surface area contributed by atoms with Crippen molar-refractivity contribution in [1.82, 2.24) is 15.0 Å². The van der Waals surface area contributed by atoms with Gasteiger partial charge in [0.2, 0.25) is 5.88 Å². The first-order valence-electron chi connectivity index (χ1n) is 6.48. The fraction of sp³-hybridized carbons (Fsp3) is 0.0667. The van der Waals surface area contributed by atoms with E-state index in [0.29, 0.717) is 27.7 Å². The van der Waals surface area contributed by atoms with Crippen LogP contribution in [-0.2, 0) is 0 Å². The topological polar surface area (TPSA) is 128 Å². The molecule has 0 bridgehead atoms. The molecule has 7 nitrogen and oxygen atoms in total. The number of aromatic hydroxyl groups is 1. The molecular formula is C15H13N5O2. The Balaban J connectivity index is 2.49. The number of nitrogen functional groups attached to an aromatic ring is 1. The van der Waals surface area contributed by atoms with Gasteiger partial charge in [-0.2, -0.15) is 0 Å². The van der Waals surface area contributed by atoms with Crippen LogP contribution in [0.3, 0.4) is 0 Å². The summed E-state index contributed by atoms with van der Waals surface area (Å²) in [4.78, 5) is 23.9. The number of benzene rings is 1. The second-order valence-electron chi connectivity index (χ2n) is 4.81. The summed E-state index contributed by atoms with van der Waals surface area (Å²) in [6.07, 6.45) is 4.51. The molecule has 3 rings (SSSR count). The van der Waals surface area contributed by atoms with Gasteiger partial charge in [-0.05, 0) is 24.6 Å². The quantitative estimate of drug-likeness (QED) is 0.613. The van der Waals surface area contributed by atoms with Crippen LogP contribution < -0.4 is 11.5 Å². The minimum atomic E-state index is -0.651. The minimum absolute atomic E-state index is 0.113. The molecule has 0 aliphatic rings. The highest BCUT2D eigenvalue weighted by Crippen LogP contribution is 2.37. The third-order valence-corrected chi connectivity index (χ3v) is 3.52. The Bertz CT molecular complexity index is 908. The van der Waals surface area contributed by atoms with Gasteiger partial charge in [0.1, 0.15) is 0 Å². The summed E-state index contributed by atoms with van der Waals surface area (Å²) in [7, 11) is 0. The summed E-state index contributed by atoms with van der Waals surface area (Å²) >= 11 is 0. The number of hydrogen-bond donors (Lipinski definition) is 3. The van der Waals surface area contributed by atoms with Crippen molar-refractivity contribution < 1.29 is 9.90 Å². The predicted octanol–water partition coefficient (Wildman–Crippen LogP) is 1.39. The summed E-state index contributed by atoms with van der Waals surface area (Å²) in [5.74, 6) is -0.763. The average Bonchev–Trinajstić information content (AvgIpc) is 2.50. The van der Waals surface area contributed by atoms with E-state index >= 15 is 0 Å². The highest BCUT2D eigenvalue weighted by atomic mass is 16.3. The predicted molar refractivity (Wildman–Crippen MR) is 82.1 cm³/mol. The Labute approximate surface area is 125 Å². The van der Waals surface area contributed by atoms with Crippen LogP contribution in [0.25, 0.3) is 22.2 Å². The van der Waals surface area contributed by atoms with E-state index in [1.807, 2.05) is 0 Å². The first kappa shape index (κ1) is 13.7. The molecule has 5 N–H and O–H groups in total. The van der Waals surface area contributed by atoms with Crippen molar-refractivity contribution in [2.45, 2.75) is 6.92 Å². The molecule has 0 fully saturated rings. The first-order chi connectivity index (χ1) is 10.5. The van der Waals surface area contributed by atoms with Crippen LogP contribution in [0, 0.1) is 6.92 Å². The molecule has 3 aromatic rings. The second kappa shape index (κ2) is 4.96. The number of nitrogens with zero attached hydrogens (tertiary/aromatic N) is 3. The van der Waals surface area contributed by atoms with Crippen LogP contribution in [0.4, 0.5) is 5.69 Å². The molecule has 0 aliphatic heterocycles. The largest absolute Gasteiger partial charge is 0.493 e.